The first-order valence-corrected chi connectivity index (χ1v) is 8.23. The Kier molecular flexibility index (Phi) is 7.08. The van der Waals surface area contributed by atoms with E-state index >= 15 is 0 Å². The number of hydrogen-bond donors (Lipinski definition) is 3. The second-order valence-corrected chi connectivity index (χ2v) is 5.84. The Morgan fingerprint density at radius 2 is 1.95 bits per heavy atom. The van der Waals surface area contributed by atoms with E-state index in [0.29, 0.717) is 17.8 Å². The number of thioether (sulfide) groups is 1. The Morgan fingerprint density at radius 1 is 1.24 bits per heavy atom. The van der Waals surface area contributed by atoms with E-state index in [4.69, 9.17) is 5.11 Å². The van der Waals surface area contributed by atoms with Crippen molar-refractivity contribution in [2.45, 2.75) is 26.7 Å². The van der Waals surface area contributed by atoms with Crippen LogP contribution < -0.4 is 10.6 Å². The van der Waals surface area contributed by atoms with E-state index in [9.17, 15) is 9.59 Å². The van der Waals surface area contributed by atoms with Crippen LogP contribution in [0, 0.1) is 13.8 Å². The van der Waals surface area contributed by atoms with Gasteiger partial charge in [0.25, 0.3) is 0 Å². The van der Waals surface area contributed by atoms with E-state index in [0.717, 1.165) is 24.2 Å². The van der Waals surface area contributed by atoms with Crippen molar-refractivity contribution in [3.8, 4) is 0 Å². The number of nitrogens with one attached hydrogen (secondary N) is 2. The zero-order chi connectivity index (χ0) is 15.8. The Bertz CT molecular complexity index is 518. The van der Waals surface area contributed by atoms with Crippen LogP contribution in [0.4, 0.5) is 10.5 Å². The van der Waals surface area contributed by atoms with E-state index in [-0.39, 0.29) is 11.6 Å². The van der Waals surface area contributed by atoms with Crippen LogP contribution in [0.15, 0.2) is 12.1 Å². The summed E-state index contributed by atoms with van der Waals surface area (Å²) in [5, 5.41) is 14.6. The standard InChI is InChI=1S/C15H22N2O3S/c1-10-8-12(9-13(11(10)2)14(18)19)17-15(20)16-6-4-5-7-21-3/h8-9H,4-7H2,1-3H3,(H,18,19)(H2,16,17,20). The third kappa shape index (κ3) is 5.67. The number of aryl methyl sites for hydroxylation is 1. The van der Waals surface area contributed by atoms with E-state index in [1.807, 2.05) is 6.92 Å². The van der Waals surface area contributed by atoms with E-state index < -0.39 is 5.97 Å². The summed E-state index contributed by atoms with van der Waals surface area (Å²) in [7, 11) is 0. The molecule has 0 radical (unpaired) electrons. The molecule has 0 atom stereocenters. The summed E-state index contributed by atoms with van der Waals surface area (Å²) in [6.45, 7) is 4.20. The molecular weight excluding hydrogens is 288 g/mol. The number of carboxylic acids is 1. The first-order valence-electron chi connectivity index (χ1n) is 6.84. The summed E-state index contributed by atoms with van der Waals surface area (Å²) in [5.41, 5.74) is 2.26. The number of benzene rings is 1. The zero-order valence-corrected chi connectivity index (χ0v) is 13.5. The van der Waals surface area contributed by atoms with Crippen molar-refractivity contribution in [3.63, 3.8) is 0 Å². The number of carbonyl (C=O) groups excluding carboxylic acids is 1. The Morgan fingerprint density at radius 3 is 2.57 bits per heavy atom. The summed E-state index contributed by atoms with van der Waals surface area (Å²) < 4.78 is 0. The fourth-order valence-electron chi connectivity index (χ4n) is 1.90. The van der Waals surface area contributed by atoms with Crippen LogP contribution >= 0.6 is 11.8 Å². The van der Waals surface area contributed by atoms with Gasteiger partial charge in [0.2, 0.25) is 0 Å². The monoisotopic (exact) mass is 310 g/mol. The van der Waals surface area contributed by atoms with Crippen molar-refractivity contribution in [1.29, 1.82) is 0 Å². The average molecular weight is 310 g/mol. The van der Waals surface area contributed by atoms with Crippen LogP contribution in [-0.4, -0.2) is 35.7 Å². The summed E-state index contributed by atoms with van der Waals surface area (Å²) in [5.74, 6) is 0.0966. The predicted octanol–water partition coefficient (Wildman–Crippen LogP) is 3.27. The molecule has 116 valence electrons. The number of urea groups is 1. The second kappa shape index (κ2) is 8.56. The molecule has 0 spiro atoms. The summed E-state index contributed by atoms with van der Waals surface area (Å²) in [6, 6.07) is 2.95. The van der Waals surface area contributed by atoms with Gasteiger partial charge < -0.3 is 15.7 Å². The van der Waals surface area contributed by atoms with Crippen molar-refractivity contribution in [2.75, 3.05) is 23.9 Å². The maximum absolute atomic E-state index is 11.7. The smallest absolute Gasteiger partial charge is 0.336 e. The minimum Gasteiger partial charge on any atom is -0.478 e. The highest BCUT2D eigenvalue weighted by Crippen LogP contribution is 2.20. The maximum Gasteiger partial charge on any atom is 0.336 e. The van der Waals surface area contributed by atoms with Gasteiger partial charge in [-0.25, -0.2) is 9.59 Å². The lowest BCUT2D eigenvalue weighted by Gasteiger charge is -2.11. The van der Waals surface area contributed by atoms with Crippen molar-refractivity contribution in [1.82, 2.24) is 5.32 Å². The number of amides is 2. The van der Waals surface area contributed by atoms with E-state index in [1.165, 1.54) is 6.07 Å². The van der Waals surface area contributed by atoms with Crippen molar-refractivity contribution >= 4 is 29.4 Å². The molecular formula is C15H22N2O3S. The van der Waals surface area contributed by atoms with Gasteiger partial charge in [-0.2, -0.15) is 11.8 Å². The van der Waals surface area contributed by atoms with Crippen molar-refractivity contribution in [2.24, 2.45) is 0 Å². The van der Waals surface area contributed by atoms with Crippen molar-refractivity contribution < 1.29 is 14.7 Å². The Balaban J connectivity index is 2.58. The minimum atomic E-state index is -0.989. The summed E-state index contributed by atoms with van der Waals surface area (Å²) in [4.78, 5) is 22.9. The number of unbranched alkanes of at least 4 members (excludes halogenated alkanes) is 1. The molecule has 0 aliphatic heterocycles. The molecule has 2 amide bonds. The van der Waals surface area contributed by atoms with Gasteiger partial charge in [0.15, 0.2) is 0 Å². The van der Waals surface area contributed by atoms with Gasteiger partial charge in [-0.05, 0) is 62.0 Å². The number of hydrogen-bond acceptors (Lipinski definition) is 3. The maximum atomic E-state index is 11.7. The van der Waals surface area contributed by atoms with Crippen LogP contribution in [0.1, 0.15) is 34.3 Å². The highest BCUT2D eigenvalue weighted by molar-refractivity contribution is 7.98. The number of aromatic carboxylic acids is 1. The third-order valence-electron chi connectivity index (χ3n) is 3.22. The Labute approximate surface area is 129 Å². The van der Waals surface area contributed by atoms with Gasteiger partial charge in [0, 0.05) is 12.2 Å². The van der Waals surface area contributed by atoms with Gasteiger partial charge in [-0.1, -0.05) is 0 Å². The third-order valence-corrected chi connectivity index (χ3v) is 3.91. The summed E-state index contributed by atoms with van der Waals surface area (Å²) in [6.07, 6.45) is 4.05. The van der Waals surface area contributed by atoms with Crippen LogP contribution in [-0.2, 0) is 0 Å². The van der Waals surface area contributed by atoms with Gasteiger partial charge in [0.1, 0.15) is 0 Å². The second-order valence-electron chi connectivity index (χ2n) is 4.85. The van der Waals surface area contributed by atoms with Gasteiger partial charge in [-0.3, -0.25) is 0 Å². The fourth-order valence-corrected chi connectivity index (χ4v) is 2.40. The highest BCUT2D eigenvalue weighted by atomic mass is 32.2. The molecule has 0 bridgehead atoms. The molecule has 0 aliphatic rings. The minimum absolute atomic E-state index is 0.213. The Hall–Kier alpha value is -1.69. The average Bonchev–Trinajstić information content (AvgIpc) is 2.42. The fraction of sp³-hybridized carbons (Fsp3) is 0.467. The van der Waals surface area contributed by atoms with Crippen LogP contribution in [0.5, 0.6) is 0 Å². The molecule has 3 N–H and O–H groups in total. The molecule has 0 heterocycles. The molecule has 5 nitrogen and oxygen atoms in total. The largest absolute Gasteiger partial charge is 0.478 e. The molecule has 6 heteroatoms. The van der Waals surface area contributed by atoms with Gasteiger partial charge in [0.05, 0.1) is 5.56 Å². The molecule has 0 saturated carbocycles. The zero-order valence-electron chi connectivity index (χ0n) is 12.7. The molecule has 1 rings (SSSR count). The van der Waals surface area contributed by atoms with E-state index in [1.54, 1.807) is 24.8 Å². The molecule has 0 aromatic heterocycles. The molecule has 1 aromatic carbocycles. The quantitative estimate of drug-likeness (QED) is 0.675. The molecule has 0 fully saturated rings. The number of carbonyl (C=O) groups is 2. The first kappa shape index (κ1) is 17.4. The van der Waals surface area contributed by atoms with Gasteiger partial charge >= 0.3 is 12.0 Å². The first-order chi connectivity index (χ1) is 9.95. The number of carboxylic acid groups (broad SMARTS) is 1. The van der Waals surface area contributed by atoms with Crippen LogP contribution in [0.3, 0.4) is 0 Å². The van der Waals surface area contributed by atoms with Gasteiger partial charge in [-0.15, -0.1) is 0 Å². The normalized spacial score (nSPS) is 10.2. The topological polar surface area (TPSA) is 78.4 Å². The SMILES string of the molecule is CSCCCCNC(=O)Nc1cc(C)c(C)c(C(=O)O)c1. The molecule has 21 heavy (non-hydrogen) atoms. The van der Waals surface area contributed by atoms with Crippen LogP contribution in [0.2, 0.25) is 0 Å². The predicted molar refractivity (Wildman–Crippen MR) is 87.5 cm³/mol. The van der Waals surface area contributed by atoms with Crippen molar-refractivity contribution in [3.05, 3.63) is 28.8 Å². The molecule has 0 unspecified atom stereocenters. The lowest BCUT2D eigenvalue weighted by atomic mass is 10.0. The highest BCUT2D eigenvalue weighted by Gasteiger charge is 2.12. The lowest BCUT2D eigenvalue weighted by molar-refractivity contribution is 0.0696. The number of rotatable bonds is 7. The molecule has 0 saturated heterocycles. The van der Waals surface area contributed by atoms with E-state index in [2.05, 4.69) is 16.9 Å². The number of anilines is 1. The molecule has 0 aliphatic carbocycles. The molecule has 1 aromatic rings. The lowest BCUT2D eigenvalue weighted by Crippen LogP contribution is -2.29. The summed E-state index contributed by atoms with van der Waals surface area (Å²) >= 11 is 1.79. The van der Waals surface area contributed by atoms with Crippen LogP contribution in [0.25, 0.3) is 0 Å².